The molecule has 4 rings (SSSR count). The van der Waals surface area contributed by atoms with Crippen molar-refractivity contribution in [2.45, 2.75) is 6.54 Å². The van der Waals surface area contributed by atoms with Crippen molar-refractivity contribution in [3.8, 4) is 5.82 Å². The molecule has 1 N–H and O–H groups in total. The maximum Gasteiger partial charge on any atom is 0.321 e. The van der Waals surface area contributed by atoms with E-state index < -0.39 is 0 Å². The van der Waals surface area contributed by atoms with Crippen LogP contribution in [0.15, 0.2) is 43.1 Å². The Morgan fingerprint density at radius 1 is 1.07 bits per heavy atom. The molecule has 0 atom stereocenters. The summed E-state index contributed by atoms with van der Waals surface area (Å²) in [6, 6.07) is 3.45. The molecule has 3 aromatic rings. The van der Waals surface area contributed by atoms with Crippen LogP contribution in [0, 0.1) is 0 Å². The smallest absolute Gasteiger partial charge is 0.321 e. The second-order valence-corrected chi connectivity index (χ2v) is 6.44. The molecular formula is C17H21N9O. The predicted octanol–water partition coefficient (Wildman–Crippen LogP) is 0.745. The molecule has 2 amide bonds. The quantitative estimate of drug-likeness (QED) is 0.731. The lowest BCUT2D eigenvalue weighted by Crippen LogP contribution is -2.49. The van der Waals surface area contributed by atoms with Crippen LogP contribution in [-0.4, -0.2) is 71.8 Å². The number of nitrogens with zero attached hydrogens (tertiary/aromatic N) is 8. The Balaban J connectivity index is 1.28. The van der Waals surface area contributed by atoms with Gasteiger partial charge in [0, 0.05) is 51.5 Å². The molecular weight excluding hydrogens is 346 g/mol. The van der Waals surface area contributed by atoms with E-state index in [0.717, 1.165) is 19.6 Å². The minimum absolute atomic E-state index is 0.109. The molecule has 0 aliphatic carbocycles. The number of hydrogen-bond donors (Lipinski definition) is 1. The molecule has 0 aromatic carbocycles. The van der Waals surface area contributed by atoms with Crippen LogP contribution in [0.1, 0.15) is 5.56 Å². The molecule has 0 unspecified atom stereocenters. The molecule has 4 heterocycles. The minimum Gasteiger partial charge on any atom is -0.322 e. The van der Waals surface area contributed by atoms with Gasteiger partial charge in [-0.05, 0) is 12.1 Å². The molecule has 1 fully saturated rings. The largest absolute Gasteiger partial charge is 0.322 e. The first-order valence-electron chi connectivity index (χ1n) is 8.76. The average molecular weight is 367 g/mol. The van der Waals surface area contributed by atoms with Crippen molar-refractivity contribution in [2.75, 3.05) is 31.5 Å². The highest BCUT2D eigenvalue weighted by Crippen LogP contribution is 2.12. The number of nitrogens with one attached hydrogen (secondary N) is 1. The van der Waals surface area contributed by atoms with Crippen LogP contribution in [0.2, 0.25) is 0 Å². The number of pyridine rings is 1. The summed E-state index contributed by atoms with van der Waals surface area (Å²) in [6.45, 7) is 3.91. The van der Waals surface area contributed by atoms with E-state index in [1.807, 2.05) is 24.3 Å². The first kappa shape index (κ1) is 17.2. The van der Waals surface area contributed by atoms with Crippen LogP contribution in [0.4, 0.5) is 10.5 Å². The van der Waals surface area contributed by atoms with Crippen LogP contribution in [0.25, 0.3) is 5.82 Å². The van der Waals surface area contributed by atoms with Crippen LogP contribution in [-0.2, 0) is 13.6 Å². The summed E-state index contributed by atoms with van der Waals surface area (Å²) in [7, 11) is 1.92. The van der Waals surface area contributed by atoms with Crippen molar-refractivity contribution in [3.63, 3.8) is 0 Å². The first-order valence-corrected chi connectivity index (χ1v) is 8.76. The normalized spacial score (nSPS) is 15.1. The van der Waals surface area contributed by atoms with E-state index in [2.05, 4.69) is 30.5 Å². The van der Waals surface area contributed by atoms with E-state index in [0.29, 0.717) is 24.6 Å². The van der Waals surface area contributed by atoms with Crippen molar-refractivity contribution in [1.29, 1.82) is 0 Å². The molecule has 1 saturated heterocycles. The van der Waals surface area contributed by atoms with Gasteiger partial charge in [0.1, 0.15) is 0 Å². The lowest BCUT2D eigenvalue weighted by atomic mass is 10.2. The third-order valence-corrected chi connectivity index (χ3v) is 4.45. The summed E-state index contributed by atoms with van der Waals surface area (Å²) < 4.78 is 1.81. The highest BCUT2D eigenvalue weighted by Gasteiger charge is 2.21. The van der Waals surface area contributed by atoms with Crippen molar-refractivity contribution in [1.82, 2.24) is 39.6 Å². The van der Waals surface area contributed by atoms with Gasteiger partial charge in [0.15, 0.2) is 5.82 Å². The molecule has 1 aliphatic heterocycles. The average Bonchev–Trinajstić information content (AvgIpc) is 3.35. The Bertz CT molecular complexity index is 880. The molecule has 0 bridgehead atoms. The molecule has 140 valence electrons. The van der Waals surface area contributed by atoms with Crippen LogP contribution >= 0.6 is 0 Å². The van der Waals surface area contributed by atoms with E-state index in [-0.39, 0.29) is 6.03 Å². The number of amides is 2. The number of aryl methyl sites for hydroxylation is 1. The summed E-state index contributed by atoms with van der Waals surface area (Å²) in [4.78, 5) is 22.3. The molecule has 10 heteroatoms. The molecule has 0 radical (unpaired) electrons. The number of aromatic nitrogens is 6. The van der Waals surface area contributed by atoms with Gasteiger partial charge < -0.3 is 10.2 Å². The van der Waals surface area contributed by atoms with E-state index in [1.165, 1.54) is 10.4 Å². The lowest BCUT2D eigenvalue weighted by molar-refractivity contribution is 0.143. The summed E-state index contributed by atoms with van der Waals surface area (Å²) in [6.07, 6.45) is 8.69. The fourth-order valence-corrected chi connectivity index (χ4v) is 3.04. The van der Waals surface area contributed by atoms with E-state index in [9.17, 15) is 4.79 Å². The van der Waals surface area contributed by atoms with E-state index in [1.54, 1.807) is 35.4 Å². The van der Waals surface area contributed by atoms with Crippen molar-refractivity contribution in [2.24, 2.45) is 7.05 Å². The van der Waals surface area contributed by atoms with Gasteiger partial charge in [-0.1, -0.05) is 0 Å². The zero-order valence-corrected chi connectivity index (χ0v) is 15.1. The molecule has 0 spiro atoms. The second kappa shape index (κ2) is 7.54. The SMILES string of the molecule is Cn1cc(CN2CCN(C(=O)Nc3ccc(-n4nccn4)nc3)CC2)cn1. The zero-order valence-electron chi connectivity index (χ0n) is 15.1. The maximum atomic E-state index is 12.5. The standard InChI is InChI=1S/C17H21N9O/c1-23-12-14(10-21-23)13-24-6-8-25(9-7-24)17(27)22-15-2-3-16(18-11-15)26-19-4-5-20-26/h2-5,10-12H,6-9,13H2,1H3,(H,22,27). The van der Waals surface area contributed by atoms with Gasteiger partial charge in [-0.3, -0.25) is 9.58 Å². The van der Waals surface area contributed by atoms with Gasteiger partial charge in [0.2, 0.25) is 0 Å². The number of anilines is 1. The fourth-order valence-electron chi connectivity index (χ4n) is 3.04. The molecule has 10 nitrogen and oxygen atoms in total. The minimum atomic E-state index is -0.109. The Labute approximate surface area is 156 Å². The Hall–Kier alpha value is -3.27. The third-order valence-electron chi connectivity index (χ3n) is 4.45. The number of rotatable bonds is 4. The van der Waals surface area contributed by atoms with Crippen molar-refractivity contribution < 1.29 is 4.79 Å². The lowest BCUT2D eigenvalue weighted by Gasteiger charge is -2.34. The number of hydrogen-bond acceptors (Lipinski definition) is 6. The molecule has 1 aliphatic rings. The molecule has 27 heavy (non-hydrogen) atoms. The van der Waals surface area contributed by atoms with Crippen molar-refractivity contribution >= 4 is 11.7 Å². The predicted molar refractivity (Wildman–Crippen MR) is 98.2 cm³/mol. The van der Waals surface area contributed by atoms with Gasteiger partial charge >= 0.3 is 6.03 Å². The van der Waals surface area contributed by atoms with Crippen LogP contribution in [0.3, 0.4) is 0 Å². The summed E-state index contributed by atoms with van der Waals surface area (Å²) >= 11 is 0. The highest BCUT2D eigenvalue weighted by molar-refractivity contribution is 5.89. The third kappa shape index (κ3) is 4.11. The van der Waals surface area contributed by atoms with Gasteiger partial charge in [0.05, 0.1) is 30.5 Å². The first-order chi connectivity index (χ1) is 13.2. The Kier molecular flexibility index (Phi) is 4.79. The summed E-state index contributed by atoms with van der Waals surface area (Å²) in [5.41, 5.74) is 1.84. The van der Waals surface area contributed by atoms with Crippen LogP contribution < -0.4 is 5.32 Å². The van der Waals surface area contributed by atoms with Gasteiger partial charge in [-0.25, -0.2) is 9.78 Å². The van der Waals surface area contributed by atoms with Crippen LogP contribution in [0.5, 0.6) is 0 Å². The maximum absolute atomic E-state index is 12.5. The second-order valence-electron chi connectivity index (χ2n) is 6.44. The van der Waals surface area contributed by atoms with Gasteiger partial charge in [-0.2, -0.15) is 15.3 Å². The van der Waals surface area contributed by atoms with Crippen molar-refractivity contribution in [3.05, 3.63) is 48.7 Å². The number of urea groups is 1. The Morgan fingerprint density at radius 3 is 2.48 bits per heavy atom. The molecule has 3 aromatic heterocycles. The number of carbonyl (C=O) groups is 1. The summed E-state index contributed by atoms with van der Waals surface area (Å²) in [5.74, 6) is 0.599. The zero-order chi connectivity index (χ0) is 18.6. The monoisotopic (exact) mass is 367 g/mol. The molecule has 0 saturated carbocycles. The fraction of sp³-hybridized carbons (Fsp3) is 0.353. The topological polar surface area (TPSA) is 97.0 Å². The number of piperazine rings is 1. The van der Waals surface area contributed by atoms with E-state index in [4.69, 9.17) is 0 Å². The van der Waals surface area contributed by atoms with Gasteiger partial charge in [-0.15, -0.1) is 4.80 Å². The number of carbonyl (C=O) groups excluding carboxylic acids is 1. The van der Waals surface area contributed by atoms with Gasteiger partial charge in [0.25, 0.3) is 0 Å². The summed E-state index contributed by atoms with van der Waals surface area (Å²) in [5, 5.41) is 15.1. The van der Waals surface area contributed by atoms with E-state index >= 15 is 0 Å². The highest BCUT2D eigenvalue weighted by atomic mass is 16.2. The Morgan fingerprint density at radius 2 is 1.85 bits per heavy atom.